The van der Waals surface area contributed by atoms with E-state index in [1.807, 2.05) is 24.3 Å². The summed E-state index contributed by atoms with van der Waals surface area (Å²) in [7, 11) is 0. The van der Waals surface area contributed by atoms with Crippen molar-refractivity contribution in [1.82, 2.24) is 10.3 Å². The van der Waals surface area contributed by atoms with Crippen molar-refractivity contribution < 1.29 is 19.1 Å². The van der Waals surface area contributed by atoms with Gasteiger partial charge in [0.2, 0.25) is 5.91 Å². The number of carbonyl (C=O) groups excluding carboxylic acids is 3. The number of carbonyl (C=O) groups is 3. The average Bonchev–Trinajstić information content (AvgIpc) is 3.04. The summed E-state index contributed by atoms with van der Waals surface area (Å²) in [5, 5.41) is 3.64. The van der Waals surface area contributed by atoms with Crippen LogP contribution in [0.1, 0.15) is 22.8 Å². The van der Waals surface area contributed by atoms with Crippen molar-refractivity contribution in [2.24, 2.45) is 5.73 Å². The predicted molar refractivity (Wildman–Crippen MR) is 100 cm³/mol. The molecule has 0 unspecified atom stereocenters. The second kappa shape index (κ2) is 7.74. The number of esters is 1. The Morgan fingerprint density at radius 1 is 1.11 bits per heavy atom. The van der Waals surface area contributed by atoms with Crippen molar-refractivity contribution in [1.29, 1.82) is 0 Å². The highest BCUT2D eigenvalue weighted by Crippen LogP contribution is 2.19. The summed E-state index contributed by atoms with van der Waals surface area (Å²) in [5.74, 6) is -1.16. The summed E-state index contributed by atoms with van der Waals surface area (Å²) in [6, 6.07) is 12.9. The van der Waals surface area contributed by atoms with Crippen LogP contribution in [0.3, 0.4) is 0 Å². The van der Waals surface area contributed by atoms with E-state index in [0.717, 1.165) is 16.5 Å². The zero-order valence-electron chi connectivity index (χ0n) is 14.7. The normalized spacial score (nSPS) is 11.7. The number of rotatable bonds is 6. The number of para-hydroxylation sites is 1. The maximum atomic E-state index is 12.5. The van der Waals surface area contributed by atoms with Crippen LogP contribution in [0.25, 0.3) is 10.9 Å². The highest BCUT2D eigenvalue weighted by molar-refractivity contribution is 5.97. The van der Waals surface area contributed by atoms with E-state index in [1.165, 1.54) is 31.2 Å². The standard InChI is InChI=1S/C20H19N3O4/c1-12(24)27-15-8-6-13(7-9-15)20(26)23-18(19(21)25)10-14-11-22-17-5-3-2-4-16(14)17/h2-9,11,18,22H,10H2,1H3,(H2,21,25)(H,23,26)/t18-/m1/s1. The van der Waals surface area contributed by atoms with Crippen molar-refractivity contribution >= 4 is 28.7 Å². The number of benzene rings is 2. The minimum absolute atomic E-state index is 0.274. The minimum atomic E-state index is -0.857. The molecule has 0 aliphatic rings. The quantitative estimate of drug-likeness (QED) is 0.457. The molecular weight excluding hydrogens is 346 g/mol. The van der Waals surface area contributed by atoms with E-state index in [0.29, 0.717) is 11.3 Å². The summed E-state index contributed by atoms with van der Waals surface area (Å²) >= 11 is 0. The molecule has 2 aromatic carbocycles. The second-order valence-electron chi connectivity index (χ2n) is 6.11. The van der Waals surface area contributed by atoms with Crippen molar-refractivity contribution in [3.8, 4) is 5.75 Å². The van der Waals surface area contributed by atoms with Crippen LogP contribution in [0, 0.1) is 0 Å². The molecule has 3 aromatic rings. The summed E-state index contributed by atoms with van der Waals surface area (Å²) in [6.45, 7) is 1.29. The molecule has 0 saturated carbocycles. The van der Waals surface area contributed by atoms with Crippen LogP contribution in [0.5, 0.6) is 5.75 Å². The van der Waals surface area contributed by atoms with Gasteiger partial charge in [0, 0.05) is 36.0 Å². The van der Waals surface area contributed by atoms with Gasteiger partial charge in [0.05, 0.1) is 0 Å². The van der Waals surface area contributed by atoms with Crippen LogP contribution in [-0.2, 0) is 16.0 Å². The SMILES string of the molecule is CC(=O)Oc1ccc(C(=O)N[C@H](Cc2c[nH]c3ccccc23)C(N)=O)cc1. The Bertz CT molecular complexity index is 992. The fourth-order valence-corrected chi connectivity index (χ4v) is 2.83. The molecule has 0 aliphatic carbocycles. The minimum Gasteiger partial charge on any atom is -0.427 e. The van der Waals surface area contributed by atoms with Crippen LogP contribution in [0.2, 0.25) is 0 Å². The number of primary amides is 1. The lowest BCUT2D eigenvalue weighted by molar-refractivity contribution is -0.131. The largest absolute Gasteiger partial charge is 0.427 e. The fraction of sp³-hybridized carbons (Fsp3) is 0.150. The summed E-state index contributed by atoms with van der Waals surface area (Å²) in [6.07, 6.45) is 2.08. The van der Waals surface area contributed by atoms with Crippen LogP contribution in [0.15, 0.2) is 54.7 Å². The van der Waals surface area contributed by atoms with Crippen molar-refractivity contribution in [3.63, 3.8) is 0 Å². The highest BCUT2D eigenvalue weighted by Gasteiger charge is 2.21. The van der Waals surface area contributed by atoms with Crippen molar-refractivity contribution in [2.45, 2.75) is 19.4 Å². The van der Waals surface area contributed by atoms with E-state index in [9.17, 15) is 14.4 Å². The molecule has 7 heteroatoms. The molecule has 138 valence electrons. The smallest absolute Gasteiger partial charge is 0.308 e. The van der Waals surface area contributed by atoms with E-state index in [-0.39, 0.29) is 6.42 Å². The van der Waals surface area contributed by atoms with Crippen molar-refractivity contribution in [2.75, 3.05) is 0 Å². The third-order valence-corrected chi connectivity index (χ3v) is 4.13. The molecule has 1 aromatic heterocycles. The molecule has 1 heterocycles. The van der Waals surface area contributed by atoms with E-state index >= 15 is 0 Å². The lowest BCUT2D eigenvalue weighted by Gasteiger charge is -2.15. The van der Waals surface area contributed by atoms with Crippen LogP contribution in [-0.4, -0.2) is 28.8 Å². The Kier molecular flexibility index (Phi) is 5.21. The van der Waals surface area contributed by atoms with Gasteiger partial charge in [0.15, 0.2) is 0 Å². The predicted octanol–water partition coefficient (Wildman–Crippen LogP) is 1.92. The molecule has 0 radical (unpaired) electrons. The van der Waals surface area contributed by atoms with Crippen molar-refractivity contribution in [3.05, 3.63) is 65.9 Å². The number of aromatic amines is 1. The Labute approximate surface area is 155 Å². The highest BCUT2D eigenvalue weighted by atomic mass is 16.5. The number of amides is 2. The van der Waals surface area contributed by atoms with Gasteiger partial charge >= 0.3 is 5.97 Å². The monoisotopic (exact) mass is 365 g/mol. The zero-order valence-corrected chi connectivity index (χ0v) is 14.7. The Morgan fingerprint density at radius 3 is 2.48 bits per heavy atom. The second-order valence-corrected chi connectivity index (χ2v) is 6.11. The van der Waals surface area contributed by atoms with E-state index < -0.39 is 23.8 Å². The van der Waals surface area contributed by atoms with Gasteiger partial charge in [-0.3, -0.25) is 14.4 Å². The summed E-state index contributed by atoms with van der Waals surface area (Å²) in [4.78, 5) is 38.4. The Balaban J connectivity index is 1.73. The van der Waals surface area contributed by atoms with Gasteiger partial charge in [-0.2, -0.15) is 0 Å². The Hall–Kier alpha value is -3.61. The maximum absolute atomic E-state index is 12.5. The number of nitrogens with two attached hydrogens (primary N) is 1. The summed E-state index contributed by atoms with van der Waals surface area (Å²) in [5.41, 5.74) is 7.65. The number of nitrogens with one attached hydrogen (secondary N) is 2. The molecule has 0 spiro atoms. The molecule has 3 rings (SSSR count). The van der Waals surface area contributed by atoms with Crippen LogP contribution < -0.4 is 15.8 Å². The topological polar surface area (TPSA) is 114 Å². The fourth-order valence-electron chi connectivity index (χ4n) is 2.83. The molecule has 0 saturated heterocycles. The number of hydrogen-bond donors (Lipinski definition) is 3. The first-order chi connectivity index (χ1) is 12.9. The zero-order chi connectivity index (χ0) is 19.4. The number of fused-ring (bicyclic) bond motifs is 1. The third-order valence-electron chi connectivity index (χ3n) is 4.13. The van der Waals surface area contributed by atoms with Gasteiger partial charge < -0.3 is 20.8 Å². The van der Waals surface area contributed by atoms with Gasteiger partial charge in [-0.05, 0) is 35.9 Å². The average molecular weight is 365 g/mol. The molecular formula is C20H19N3O4. The van der Waals surface area contributed by atoms with Gasteiger partial charge in [-0.1, -0.05) is 18.2 Å². The summed E-state index contributed by atoms with van der Waals surface area (Å²) < 4.78 is 4.93. The molecule has 1 atom stereocenters. The lowest BCUT2D eigenvalue weighted by Crippen LogP contribution is -2.45. The number of aromatic nitrogens is 1. The first kappa shape index (κ1) is 18.2. The van der Waals surface area contributed by atoms with E-state index in [4.69, 9.17) is 10.5 Å². The maximum Gasteiger partial charge on any atom is 0.308 e. The molecule has 27 heavy (non-hydrogen) atoms. The van der Waals surface area contributed by atoms with E-state index in [1.54, 1.807) is 6.20 Å². The first-order valence-electron chi connectivity index (χ1n) is 8.37. The van der Waals surface area contributed by atoms with Gasteiger partial charge in [0.25, 0.3) is 5.91 Å². The third kappa shape index (κ3) is 4.33. The number of ether oxygens (including phenoxy) is 1. The van der Waals surface area contributed by atoms with Crippen LogP contribution in [0.4, 0.5) is 0 Å². The van der Waals surface area contributed by atoms with Crippen LogP contribution >= 0.6 is 0 Å². The molecule has 4 N–H and O–H groups in total. The molecule has 0 fully saturated rings. The molecule has 0 bridgehead atoms. The van der Waals surface area contributed by atoms with Gasteiger partial charge in [0.1, 0.15) is 11.8 Å². The lowest BCUT2D eigenvalue weighted by atomic mass is 10.0. The molecule has 7 nitrogen and oxygen atoms in total. The van der Waals surface area contributed by atoms with Gasteiger partial charge in [-0.25, -0.2) is 0 Å². The first-order valence-corrected chi connectivity index (χ1v) is 8.37. The van der Waals surface area contributed by atoms with Gasteiger partial charge in [-0.15, -0.1) is 0 Å². The molecule has 2 amide bonds. The Morgan fingerprint density at radius 2 is 1.81 bits per heavy atom. The molecule has 0 aliphatic heterocycles. The van der Waals surface area contributed by atoms with E-state index in [2.05, 4.69) is 10.3 Å². The number of hydrogen-bond acceptors (Lipinski definition) is 4. The number of H-pyrrole nitrogens is 1.